The Kier molecular flexibility index (Phi) is 5.04. The van der Waals surface area contributed by atoms with Crippen molar-refractivity contribution in [2.75, 3.05) is 11.9 Å². The summed E-state index contributed by atoms with van der Waals surface area (Å²) in [6.45, 7) is 0.819. The molecule has 0 amide bonds. The van der Waals surface area contributed by atoms with E-state index in [1.807, 2.05) is 35.0 Å². The Hall–Kier alpha value is -3.80. The van der Waals surface area contributed by atoms with E-state index in [-0.39, 0.29) is 5.82 Å². The molecule has 0 saturated heterocycles. The lowest BCUT2D eigenvalue weighted by Crippen LogP contribution is -2.01. The maximum atomic E-state index is 13.5. The highest BCUT2D eigenvalue weighted by Gasteiger charge is 2.10. The Bertz CT molecular complexity index is 1460. The van der Waals surface area contributed by atoms with E-state index in [4.69, 9.17) is 5.73 Å². The standard InChI is InChI=1S/C23H17FN6S/c24-17-4-1-3-15(9-17)13-30-21-7-6-18(10-16(21)12-28-30)29-22-20-11-19(5-2-8-25)31-23(20)27-14-26-22/h1,3-4,6-7,9-12,14H,8,13,25H2,(H,26,27,29). The fraction of sp³-hybridized carbons (Fsp3) is 0.0870. The van der Waals surface area contributed by atoms with Gasteiger partial charge in [-0.2, -0.15) is 5.10 Å². The lowest BCUT2D eigenvalue weighted by atomic mass is 10.2. The van der Waals surface area contributed by atoms with Gasteiger partial charge in [-0.15, -0.1) is 11.3 Å². The van der Waals surface area contributed by atoms with Crippen molar-refractivity contribution < 1.29 is 4.39 Å². The second kappa shape index (κ2) is 8.14. The van der Waals surface area contributed by atoms with Crippen molar-refractivity contribution in [3.63, 3.8) is 0 Å². The van der Waals surface area contributed by atoms with Crippen molar-refractivity contribution in [2.45, 2.75) is 6.54 Å². The average Bonchev–Trinajstić information content (AvgIpc) is 3.37. The summed E-state index contributed by atoms with van der Waals surface area (Å²) >= 11 is 1.51. The lowest BCUT2D eigenvalue weighted by Gasteiger charge is -2.08. The third-order valence-electron chi connectivity index (χ3n) is 4.77. The van der Waals surface area contributed by atoms with Gasteiger partial charge >= 0.3 is 0 Å². The first-order chi connectivity index (χ1) is 15.2. The first-order valence-electron chi connectivity index (χ1n) is 9.60. The largest absolute Gasteiger partial charge is 0.340 e. The van der Waals surface area contributed by atoms with Crippen molar-refractivity contribution >= 4 is 44.0 Å². The molecule has 6 nitrogen and oxygen atoms in total. The minimum absolute atomic E-state index is 0.248. The molecule has 0 fully saturated rings. The van der Waals surface area contributed by atoms with Gasteiger partial charge in [0.05, 0.1) is 35.1 Å². The number of hydrogen-bond donors (Lipinski definition) is 2. The van der Waals surface area contributed by atoms with Gasteiger partial charge in [-0.1, -0.05) is 24.0 Å². The van der Waals surface area contributed by atoms with Gasteiger partial charge in [-0.3, -0.25) is 4.68 Å². The quantitative estimate of drug-likeness (QED) is 0.418. The number of thiophene rings is 1. The molecular weight excluding hydrogens is 411 g/mol. The van der Waals surface area contributed by atoms with Crippen LogP contribution < -0.4 is 11.1 Å². The zero-order valence-electron chi connectivity index (χ0n) is 16.3. The van der Waals surface area contributed by atoms with Gasteiger partial charge in [0.15, 0.2) is 0 Å². The molecule has 0 atom stereocenters. The predicted octanol–water partition coefficient (Wildman–Crippen LogP) is 4.28. The van der Waals surface area contributed by atoms with Crippen LogP contribution in [0.4, 0.5) is 15.9 Å². The molecule has 0 unspecified atom stereocenters. The van der Waals surface area contributed by atoms with E-state index in [0.29, 0.717) is 18.9 Å². The Balaban J connectivity index is 1.43. The summed E-state index contributed by atoms with van der Waals surface area (Å²) in [4.78, 5) is 10.5. The second-order valence-electron chi connectivity index (χ2n) is 6.89. The first-order valence-corrected chi connectivity index (χ1v) is 10.4. The highest BCUT2D eigenvalue weighted by atomic mass is 32.1. The van der Waals surface area contributed by atoms with Crippen LogP contribution in [0.2, 0.25) is 0 Å². The third-order valence-corrected chi connectivity index (χ3v) is 5.73. The molecule has 0 bridgehead atoms. The van der Waals surface area contributed by atoms with Crippen molar-refractivity contribution in [2.24, 2.45) is 5.73 Å². The van der Waals surface area contributed by atoms with Gasteiger partial charge in [0.1, 0.15) is 22.8 Å². The van der Waals surface area contributed by atoms with Crippen LogP contribution in [0.25, 0.3) is 21.1 Å². The van der Waals surface area contributed by atoms with Crippen molar-refractivity contribution in [3.05, 3.63) is 77.3 Å². The van der Waals surface area contributed by atoms with Gasteiger partial charge in [-0.05, 0) is 42.0 Å². The molecule has 5 rings (SSSR count). The molecule has 0 saturated carbocycles. The molecule has 5 aromatic rings. The Morgan fingerprint density at radius 1 is 1.13 bits per heavy atom. The third kappa shape index (κ3) is 3.97. The average molecular weight is 428 g/mol. The number of nitrogens with zero attached hydrogens (tertiary/aromatic N) is 4. The number of halogens is 1. The molecule has 0 aliphatic carbocycles. The number of fused-ring (bicyclic) bond motifs is 2. The topological polar surface area (TPSA) is 81.6 Å². The molecular formula is C23H17FN6S. The highest BCUT2D eigenvalue weighted by molar-refractivity contribution is 7.19. The molecule has 2 aromatic carbocycles. The summed E-state index contributed by atoms with van der Waals surface area (Å²) in [6, 6.07) is 14.5. The summed E-state index contributed by atoms with van der Waals surface area (Å²) in [5.41, 5.74) is 8.19. The molecule has 0 aliphatic rings. The van der Waals surface area contributed by atoms with Gasteiger partial charge < -0.3 is 11.1 Å². The molecule has 0 spiro atoms. The summed E-state index contributed by atoms with van der Waals surface area (Å²) in [5.74, 6) is 6.38. The smallest absolute Gasteiger partial charge is 0.142 e. The van der Waals surface area contributed by atoms with E-state index >= 15 is 0 Å². The predicted molar refractivity (Wildman–Crippen MR) is 122 cm³/mol. The Morgan fingerprint density at radius 2 is 2.06 bits per heavy atom. The Labute approximate surface area is 181 Å². The van der Waals surface area contributed by atoms with Crippen LogP contribution >= 0.6 is 11.3 Å². The first kappa shape index (κ1) is 19.2. The summed E-state index contributed by atoms with van der Waals surface area (Å²) in [5, 5.41) is 9.73. The van der Waals surface area contributed by atoms with Crippen LogP contribution in [-0.2, 0) is 6.54 Å². The van der Waals surface area contributed by atoms with Crippen LogP contribution in [0.1, 0.15) is 10.4 Å². The highest BCUT2D eigenvalue weighted by Crippen LogP contribution is 2.30. The number of anilines is 2. The molecule has 3 N–H and O–H groups in total. The molecule has 0 aliphatic heterocycles. The SMILES string of the molecule is NCC#Cc1cc2c(Nc3ccc4c(cnn4Cc4cccc(F)c4)c3)ncnc2s1. The maximum Gasteiger partial charge on any atom is 0.142 e. The molecule has 152 valence electrons. The van der Waals surface area contributed by atoms with Gasteiger partial charge in [-0.25, -0.2) is 14.4 Å². The van der Waals surface area contributed by atoms with E-state index in [1.54, 1.807) is 12.3 Å². The number of hydrogen-bond acceptors (Lipinski definition) is 6. The van der Waals surface area contributed by atoms with Crippen LogP contribution in [0.15, 0.2) is 61.1 Å². The van der Waals surface area contributed by atoms with Crippen LogP contribution in [0.5, 0.6) is 0 Å². The van der Waals surface area contributed by atoms with Crippen LogP contribution in [0, 0.1) is 17.7 Å². The number of benzene rings is 2. The van der Waals surface area contributed by atoms with E-state index < -0.39 is 0 Å². The van der Waals surface area contributed by atoms with Crippen molar-refractivity contribution in [1.82, 2.24) is 19.7 Å². The molecule has 0 radical (unpaired) electrons. The molecule has 3 heterocycles. The van der Waals surface area contributed by atoms with E-state index in [9.17, 15) is 4.39 Å². The van der Waals surface area contributed by atoms with Gasteiger partial charge in [0.2, 0.25) is 0 Å². The summed E-state index contributed by atoms with van der Waals surface area (Å²) in [7, 11) is 0. The van der Waals surface area contributed by atoms with Crippen molar-refractivity contribution in [1.29, 1.82) is 0 Å². The lowest BCUT2D eigenvalue weighted by molar-refractivity contribution is 0.621. The zero-order chi connectivity index (χ0) is 21.2. The van der Waals surface area contributed by atoms with Gasteiger partial charge in [0, 0.05) is 11.1 Å². The minimum Gasteiger partial charge on any atom is -0.340 e. The minimum atomic E-state index is -0.248. The van der Waals surface area contributed by atoms with Crippen molar-refractivity contribution in [3.8, 4) is 11.8 Å². The van der Waals surface area contributed by atoms with Crippen LogP contribution in [-0.4, -0.2) is 26.3 Å². The number of aromatic nitrogens is 4. The number of nitrogens with one attached hydrogen (secondary N) is 1. The summed E-state index contributed by atoms with van der Waals surface area (Å²) in [6.07, 6.45) is 3.34. The van der Waals surface area contributed by atoms with Crippen LogP contribution in [0.3, 0.4) is 0 Å². The molecule has 8 heteroatoms. The summed E-state index contributed by atoms with van der Waals surface area (Å²) < 4.78 is 15.3. The zero-order valence-corrected chi connectivity index (χ0v) is 17.2. The molecule has 31 heavy (non-hydrogen) atoms. The number of rotatable bonds is 4. The maximum absolute atomic E-state index is 13.5. The Morgan fingerprint density at radius 3 is 2.94 bits per heavy atom. The number of nitrogens with two attached hydrogens (primary N) is 1. The molecule has 3 aromatic heterocycles. The second-order valence-corrected chi connectivity index (χ2v) is 7.92. The monoisotopic (exact) mass is 428 g/mol. The van der Waals surface area contributed by atoms with E-state index in [0.717, 1.165) is 37.2 Å². The van der Waals surface area contributed by atoms with E-state index in [2.05, 4.69) is 32.2 Å². The van der Waals surface area contributed by atoms with Gasteiger partial charge in [0.25, 0.3) is 0 Å². The van der Waals surface area contributed by atoms with E-state index in [1.165, 1.54) is 29.8 Å². The fourth-order valence-corrected chi connectivity index (χ4v) is 4.26. The fourth-order valence-electron chi connectivity index (χ4n) is 3.39. The normalized spacial score (nSPS) is 10.9.